The molecule has 0 spiro atoms. The molecule has 2 rings (SSSR count). The van der Waals surface area contributed by atoms with Gasteiger partial charge < -0.3 is 19.3 Å². The van der Waals surface area contributed by atoms with Crippen LogP contribution in [0.25, 0.3) is 6.08 Å². The van der Waals surface area contributed by atoms with Crippen LogP contribution >= 0.6 is 11.8 Å². The summed E-state index contributed by atoms with van der Waals surface area (Å²) in [6.07, 6.45) is 7.74. The molecule has 0 saturated carbocycles. The summed E-state index contributed by atoms with van der Waals surface area (Å²) < 4.78 is 15.7. The minimum absolute atomic E-state index is 0.0610. The molecule has 2 aromatic rings. The van der Waals surface area contributed by atoms with Gasteiger partial charge in [-0.2, -0.15) is 0 Å². The first kappa shape index (κ1) is 28.6. The summed E-state index contributed by atoms with van der Waals surface area (Å²) in [6, 6.07) is 14.1. The van der Waals surface area contributed by atoms with Crippen molar-refractivity contribution in [2.45, 2.75) is 30.6 Å². The summed E-state index contributed by atoms with van der Waals surface area (Å²) in [5, 5.41) is 8.69. The second-order valence-corrected chi connectivity index (χ2v) is 8.66. The predicted molar refractivity (Wildman–Crippen MR) is 140 cm³/mol. The molecular weight excluding hydrogens is 480 g/mol. The van der Waals surface area contributed by atoms with Gasteiger partial charge in [0.1, 0.15) is 11.5 Å². The minimum Gasteiger partial charge on any atom is -0.494 e. The highest BCUT2D eigenvalue weighted by Crippen LogP contribution is 2.23. The second-order valence-electron chi connectivity index (χ2n) is 7.58. The lowest BCUT2D eigenvalue weighted by molar-refractivity contribution is -0.139. The quantitative estimate of drug-likeness (QED) is 0.116. The summed E-state index contributed by atoms with van der Waals surface area (Å²) in [4.78, 5) is 35.6. The van der Waals surface area contributed by atoms with Crippen LogP contribution in [0, 0.1) is 0 Å². The predicted octanol–water partition coefficient (Wildman–Crippen LogP) is 5.14. The van der Waals surface area contributed by atoms with Crippen LogP contribution in [-0.4, -0.2) is 42.0 Å². The van der Waals surface area contributed by atoms with Crippen LogP contribution in [0.4, 0.5) is 0 Å². The van der Waals surface area contributed by atoms with E-state index in [9.17, 15) is 14.4 Å². The number of carbonyl (C=O) groups is 3. The molecule has 0 saturated heterocycles. The van der Waals surface area contributed by atoms with Gasteiger partial charge in [-0.15, -0.1) is 0 Å². The Bertz CT molecular complexity index is 1060. The number of thioether (sulfide) groups is 1. The maximum Gasteiger partial charge on any atom is 0.335 e. The van der Waals surface area contributed by atoms with E-state index in [1.54, 1.807) is 30.3 Å². The molecule has 0 atom stereocenters. The van der Waals surface area contributed by atoms with E-state index >= 15 is 0 Å². The number of hydrogen-bond acceptors (Lipinski definition) is 8. The molecule has 8 heteroatoms. The number of ether oxygens (including phenoxy) is 3. The van der Waals surface area contributed by atoms with Gasteiger partial charge in [0.2, 0.25) is 5.12 Å². The highest BCUT2D eigenvalue weighted by Gasteiger charge is 2.06. The van der Waals surface area contributed by atoms with E-state index in [-0.39, 0.29) is 10.7 Å². The number of unbranched alkanes of at least 4 members (excludes halogenated alkanes) is 3. The number of rotatable bonds is 15. The first-order chi connectivity index (χ1) is 17.4. The molecule has 0 aromatic heterocycles. The average Bonchev–Trinajstić information content (AvgIpc) is 2.89. The van der Waals surface area contributed by atoms with Gasteiger partial charge in [-0.3, -0.25) is 4.79 Å². The Morgan fingerprint density at radius 3 is 2.17 bits per heavy atom. The van der Waals surface area contributed by atoms with Crippen molar-refractivity contribution in [3.8, 4) is 11.5 Å². The van der Waals surface area contributed by atoms with Crippen molar-refractivity contribution >= 4 is 34.9 Å². The van der Waals surface area contributed by atoms with Crippen LogP contribution in [-0.2, 0) is 19.1 Å². The largest absolute Gasteiger partial charge is 0.494 e. The fraction of sp³-hybridized carbons (Fsp3) is 0.250. The van der Waals surface area contributed by atoms with Gasteiger partial charge in [-0.05, 0) is 85.5 Å². The highest BCUT2D eigenvalue weighted by molar-refractivity contribution is 8.14. The van der Waals surface area contributed by atoms with Crippen LogP contribution < -0.4 is 9.47 Å². The van der Waals surface area contributed by atoms with Gasteiger partial charge in [-0.25, -0.2) is 9.59 Å². The van der Waals surface area contributed by atoms with Crippen molar-refractivity contribution in [3.05, 3.63) is 85.0 Å². The van der Waals surface area contributed by atoms with Crippen LogP contribution in [0.1, 0.15) is 31.2 Å². The number of carbonyl (C=O) groups excluding carboxylic acids is 3. The zero-order valence-corrected chi connectivity index (χ0v) is 20.8. The third-order valence-electron chi connectivity index (χ3n) is 4.74. The molecule has 36 heavy (non-hydrogen) atoms. The zero-order valence-electron chi connectivity index (χ0n) is 20.0. The van der Waals surface area contributed by atoms with E-state index in [1.807, 2.05) is 24.3 Å². The molecule has 0 aliphatic heterocycles. The average molecular weight is 511 g/mol. The number of aliphatic hydroxyl groups is 1. The molecule has 1 N–H and O–H groups in total. The van der Waals surface area contributed by atoms with Gasteiger partial charge in [0.15, 0.2) is 0 Å². The third kappa shape index (κ3) is 11.2. The molecule has 7 nitrogen and oxygen atoms in total. The third-order valence-corrected chi connectivity index (χ3v) is 5.58. The van der Waals surface area contributed by atoms with E-state index in [0.717, 1.165) is 59.7 Å². The van der Waals surface area contributed by atoms with Gasteiger partial charge in [0, 0.05) is 11.0 Å². The van der Waals surface area contributed by atoms with Gasteiger partial charge in [0.05, 0.1) is 25.4 Å². The molecule has 0 aliphatic carbocycles. The van der Waals surface area contributed by atoms with E-state index in [4.69, 9.17) is 19.3 Å². The van der Waals surface area contributed by atoms with Gasteiger partial charge in [-0.1, -0.05) is 31.4 Å². The van der Waals surface area contributed by atoms with E-state index in [2.05, 4.69) is 13.2 Å². The minimum atomic E-state index is -0.555. The van der Waals surface area contributed by atoms with Crippen molar-refractivity contribution in [2.75, 3.05) is 19.8 Å². The Hall–Kier alpha value is -3.62. The van der Waals surface area contributed by atoms with Crippen molar-refractivity contribution < 1.29 is 33.7 Å². The smallest absolute Gasteiger partial charge is 0.335 e. The lowest BCUT2D eigenvalue weighted by Gasteiger charge is -2.07. The van der Waals surface area contributed by atoms with Crippen LogP contribution in [0.15, 0.2) is 84.3 Å². The highest BCUT2D eigenvalue weighted by atomic mass is 32.2. The fourth-order valence-corrected chi connectivity index (χ4v) is 3.44. The number of aliphatic hydroxyl groups excluding tert-OH is 1. The molecule has 0 fully saturated rings. The normalized spacial score (nSPS) is 10.6. The van der Waals surface area contributed by atoms with Crippen molar-refractivity contribution in [3.63, 3.8) is 0 Å². The standard InChI is InChI=1S/C28H30O7S/c1-3-26(30)35-24-11-8-22(9-12-24)10-17-27(31)36-25-15-13-23(14-16-25)33-18-6-4-5-7-19-34-28(32)21(2)20-29/h3,8-17,29H,1-2,4-7,18-20H2/b17-10+. The van der Waals surface area contributed by atoms with Crippen molar-refractivity contribution in [1.29, 1.82) is 0 Å². The second kappa shape index (κ2) is 16.1. The van der Waals surface area contributed by atoms with Crippen molar-refractivity contribution in [1.82, 2.24) is 0 Å². The first-order valence-electron chi connectivity index (χ1n) is 11.4. The van der Waals surface area contributed by atoms with Crippen LogP contribution in [0.2, 0.25) is 0 Å². The molecule has 2 aromatic carbocycles. The fourth-order valence-electron chi connectivity index (χ4n) is 2.80. The van der Waals surface area contributed by atoms with Crippen LogP contribution in [0.3, 0.4) is 0 Å². The summed E-state index contributed by atoms with van der Waals surface area (Å²) in [5.74, 6) is 0.0572. The Labute approximate surface area is 215 Å². The molecule has 0 heterocycles. The number of hydrogen-bond donors (Lipinski definition) is 1. The van der Waals surface area contributed by atoms with Gasteiger partial charge >= 0.3 is 11.9 Å². The summed E-state index contributed by atoms with van der Waals surface area (Å²) >= 11 is 1.11. The van der Waals surface area contributed by atoms with Crippen molar-refractivity contribution in [2.24, 2.45) is 0 Å². The Morgan fingerprint density at radius 2 is 1.53 bits per heavy atom. The molecule has 0 amide bonds. The molecular formula is C28H30O7S. The summed E-state index contributed by atoms with van der Waals surface area (Å²) in [6.45, 7) is 7.25. The topological polar surface area (TPSA) is 99.1 Å². The zero-order chi connectivity index (χ0) is 26.2. The van der Waals surface area contributed by atoms with E-state index in [1.165, 1.54) is 6.08 Å². The Balaban J connectivity index is 1.63. The number of esters is 2. The van der Waals surface area contributed by atoms with Crippen LogP contribution in [0.5, 0.6) is 11.5 Å². The first-order valence-corrected chi connectivity index (χ1v) is 12.3. The van der Waals surface area contributed by atoms with E-state index < -0.39 is 18.5 Å². The van der Waals surface area contributed by atoms with Gasteiger partial charge in [0.25, 0.3) is 0 Å². The summed E-state index contributed by atoms with van der Waals surface area (Å²) in [7, 11) is 0. The maximum atomic E-state index is 12.2. The molecule has 0 aliphatic rings. The van der Waals surface area contributed by atoms with E-state index in [0.29, 0.717) is 19.0 Å². The molecule has 0 radical (unpaired) electrons. The molecule has 0 unspecified atom stereocenters. The summed E-state index contributed by atoms with van der Waals surface area (Å²) in [5.41, 5.74) is 0.866. The number of benzene rings is 2. The Morgan fingerprint density at radius 1 is 0.889 bits per heavy atom. The monoisotopic (exact) mass is 510 g/mol. The SMILES string of the molecule is C=CC(=O)Oc1ccc(/C=C/C(=O)Sc2ccc(OCCCCCCOC(=O)C(=C)CO)cc2)cc1. The lowest BCUT2D eigenvalue weighted by atomic mass is 10.2. The molecule has 0 bridgehead atoms. The lowest BCUT2D eigenvalue weighted by Crippen LogP contribution is -2.10. The Kier molecular flexibility index (Phi) is 12.8. The molecule has 190 valence electrons. The maximum absolute atomic E-state index is 12.2.